The Hall–Kier alpha value is -3.19. The van der Waals surface area contributed by atoms with Crippen LogP contribution in [0.25, 0.3) is 5.69 Å². The summed E-state index contributed by atoms with van der Waals surface area (Å²) in [6, 6.07) is 15.7. The van der Waals surface area contributed by atoms with Gasteiger partial charge in [-0.2, -0.15) is 0 Å². The molecule has 0 radical (unpaired) electrons. The fraction of sp³-hybridized carbons (Fsp3) is 0.375. The van der Waals surface area contributed by atoms with Crippen molar-refractivity contribution in [2.75, 3.05) is 45.3 Å². The van der Waals surface area contributed by atoms with Crippen LogP contribution in [0.2, 0.25) is 0 Å². The van der Waals surface area contributed by atoms with E-state index in [1.54, 1.807) is 18.9 Å². The van der Waals surface area contributed by atoms with E-state index in [1.165, 1.54) is 0 Å². The highest BCUT2D eigenvalue weighted by molar-refractivity contribution is 5.61. The maximum Gasteiger partial charge on any atom is 0.274 e. The number of hydrogen-bond donors (Lipinski definition) is 0. The largest absolute Gasteiger partial charge is 0.497 e. The first-order valence-electron chi connectivity index (χ1n) is 10.6. The van der Waals surface area contributed by atoms with Gasteiger partial charge in [0.1, 0.15) is 11.5 Å². The Morgan fingerprint density at radius 2 is 1.65 bits per heavy atom. The van der Waals surface area contributed by atoms with Crippen LogP contribution in [0, 0.1) is 6.92 Å². The molecule has 1 aromatic heterocycles. The zero-order valence-electron chi connectivity index (χ0n) is 18.7. The smallest absolute Gasteiger partial charge is 0.274 e. The predicted octanol–water partition coefficient (Wildman–Crippen LogP) is 2.82. The monoisotopic (exact) mass is 422 g/mol. The highest BCUT2D eigenvalue weighted by atomic mass is 16.5. The fourth-order valence-electron chi connectivity index (χ4n) is 4.27. The summed E-state index contributed by atoms with van der Waals surface area (Å²) in [5.41, 5.74) is 3.89. The van der Waals surface area contributed by atoms with Crippen molar-refractivity contribution < 1.29 is 9.47 Å². The van der Waals surface area contributed by atoms with Crippen LogP contribution < -0.4 is 19.9 Å². The molecule has 0 unspecified atom stereocenters. The van der Waals surface area contributed by atoms with Crippen molar-refractivity contribution in [3.63, 3.8) is 0 Å². The van der Waals surface area contributed by atoms with E-state index in [2.05, 4.69) is 15.9 Å². The standard InChI is InChI=1S/C24H30N4O3/c1-18-22(25(2)28(24(18)29)19-8-6-5-7-9-19)17-26-12-14-27(15-13-26)21-11-10-20(30-3)16-23(21)31-4/h5-11,16H,12-15,17H2,1-4H3. The first-order chi connectivity index (χ1) is 15.0. The lowest BCUT2D eigenvalue weighted by Crippen LogP contribution is -2.46. The number of aromatic nitrogens is 2. The summed E-state index contributed by atoms with van der Waals surface area (Å²) in [6.45, 7) is 6.31. The third-order valence-corrected chi connectivity index (χ3v) is 6.11. The summed E-state index contributed by atoms with van der Waals surface area (Å²) >= 11 is 0. The molecule has 1 aliphatic rings. The van der Waals surface area contributed by atoms with Gasteiger partial charge in [-0.05, 0) is 31.2 Å². The molecule has 3 aromatic rings. The van der Waals surface area contributed by atoms with E-state index < -0.39 is 0 Å². The van der Waals surface area contributed by atoms with E-state index in [4.69, 9.17) is 9.47 Å². The van der Waals surface area contributed by atoms with Crippen molar-refractivity contribution in [1.82, 2.24) is 14.3 Å². The normalized spacial score (nSPS) is 14.6. The van der Waals surface area contributed by atoms with Gasteiger partial charge in [-0.15, -0.1) is 0 Å². The number of rotatable bonds is 6. The third kappa shape index (κ3) is 4.05. The molecular weight excluding hydrogens is 392 g/mol. The molecule has 0 amide bonds. The number of methoxy groups -OCH3 is 2. The zero-order chi connectivity index (χ0) is 22.0. The Bertz CT molecular complexity index is 1100. The van der Waals surface area contributed by atoms with Crippen molar-refractivity contribution in [2.24, 2.45) is 7.05 Å². The highest BCUT2D eigenvalue weighted by Gasteiger charge is 2.23. The van der Waals surface area contributed by atoms with Gasteiger partial charge >= 0.3 is 0 Å². The van der Waals surface area contributed by atoms with Gasteiger partial charge in [-0.25, -0.2) is 4.68 Å². The van der Waals surface area contributed by atoms with Crippen molar-refractivity contribution in [3.8, 4) is 17.2 Å². The molecule has 0 aliphatic carbocycles. The molecule has 0 saturated carbocycles. The topological polar surface area (TPSA) is 51.9 Å². The highest BCUT2D eigenvalue weighted by Crippen LogP contribution is 2.32. The van der Waals surface area contributed by atoms with Crippen LogP contribution in [0.4, 0.5) is 5.69 Å². The lowest BCUT2D eigenvalue weighted by molar-refractivity contribution is 0.241. The molecule has 1 saturated heterocycles. The van der Waals surface area contributed by atoms with E-state index in [1.807, 2.05) is 61.1 Å². The van der Waals surface area contributed by atoms with Gasteiger partial charge < -0.3 is 14.4 Å². The van der Waals surface area contributed by atoms with Crippen molar-refractivity contribution in [1.29, 1.82) is 0 Å². The minimum atomic E-state index is 0.0466. The molecule has 0 N–H and O–H groups in total. The minimum Gasteiger partial charge on any atom is -0.497 e. The number of nitrogens with zero attached hydrogens (tertiary/aromatic N) is 4. The molecule has 7 nitrogen and oxygen atoms in total. The fourth-order valence-corrected chi connectivity index (χ4v) is 4.27. The second-order valence-corrected chi connectivity index (χ2v) is 7.85. The molecule has 7 heteroatoms. The third-order valence-electron chi connectivity index (χ3n) is 6.11. The van der Waals surface area contributed by atoms with Gasteiger partial charge in [-0.1, -0.05) is 18.2 Å². The minimum absolute atomic E-state index is 0.0466. The Morgan fingerprint density at radius 3 is 2.29 bits per heavy atom. The number of benzene rings is 2. The lowest BCUT2D eigenvalue weighted by atomic mass is 10.2. The SMILES string of the molecule is COc1ccc(N2CCN(Cc3c(C)c(=O)n(-c4ccccc4)n3C)CC2)c(OC)c1. The summed E-state index contributed by atoms with van der Waals surface area (Å²) < 4.78 is 14.6. The van der Waals surface area contributed by atoms with Gasteiger partial charge in [0, 0.05) is 51.4 Å². The number of para-hydroxylation sites is 1. The van der Waals surface area contributed by atoms with Crippen LogP contribution >= 0.6 is 0 Å². The van der Waals surface area contributed by atoms with E-state index in [0.717, 1.165) is 66.9 Å². The van der Waals surface area contributed by atoms with Crippen LogP contribution in [-0.4, -0.2) is 54.7 Å². The van der Waals surface area contributed by atoms with Crippen molar-refractivity contribution >= 4 is 5.69 Å². The quantitative estimate of drug-likeness (QED) is 0.612. The first kappa shape index (κ1) is 21.1. The van der Waals surface area contributed by atoms with E-state index in [9.17, 15) is 4.79 Å². The molecule has 31 heavy (non-hydrogen) atoms. The number of anilines is 1. The number of ether oxygens (including phenoxy) is 2. The molecular formula is C24H30N4O3. The zero-order valence-corrected chi connectivity index (χ0v) is 18.7. The molecule has 1 aliphatic heterocycles. The van der Waals surface area contributed by atoms with Crippen LogP contribution in [0.15, 0.2) is 53.3 Å². The average Bonchev–Trinajstić information content (AvgIpc) is 3.02. The van der Waals surface area contributed by atoms with Crippen LogP contribution in [0.5, 0.6) is 11.5 Å². The van der Waals surface area contributed by atoms with Crippen LogP contribution in [0.1, 0.15) is 11.3 Å². The second kappa shape index (κ2) is 8.89. The maximum atomic E-state index is 12.9. The number of hydrogen-bond acceptors (Lipinski definition) is 5. The first-order valence-corrected chi connectivity index (χ1v) is 10.6. The maximum absolute atomic E-state index is 12.9. The van der Waals surface area contributed by atoms with Crippen molar-refractivity contribution in [3.05, 3.63) is 70.1 Å². The van der Waals surface area contributed by atoms with Gasteiger partial charge in [0.2, 0.25) is 0 Å². The van der Waals surface area contributed by atoms with Gasteiger partial charge in [0.25, 0.3) is 5.56 Å². The molecule has 2 heterocycles. The molecule has 0 bridgehead atoms. The summed E-state index contributed by atoms with van der Waals surface area (Å²) in [4.78, 5) is 17.7. The lowest BCUT2D eigenvalue weighted by Gasteiger charge is -2.36. The summed E-state index contributed by atoms with van der Waals surface area (Å²) in [6.07, 6.45) is 0. The molecule has 0 atom stereocenters. The van der Waals surface area contributed by atoms with Crippen molar-refractivity contribution in [2.45, 2.75) is 13.5 Å². The summed E-state index contributed by atoms with van der Waals surface area (Å²) in [5, 5.41) is 0. The predicted molar refractivity (Wildman–Crippen MR) is 123 cm³/mol. The Kier molecular flexibility index (Phi) is 6.04. The molecule has 1 fully saturated rings. The average molecular weight is 423 g/mol. The molecule has 0 spiro atoms. The Balaban J connectivity index is 1.48. The van der Waals surface area contributed by atoms with Crippen LogP contribution in [-0.2, 0) is 13.6 Å². The van der Waals surface area contributed by atoms with E-state index >= 15 is 0 Å². The van der Waals surface area contributed by atoms with E-state index in [-0.39, 0.29) is 5.56 Å². The summed E-state index contributed by atoms with van der Waals surface area (Å²) in [7, 11) is 5.32. The molecule has 164 valence electrons. The van der Waals surface area contributed by atoms with Gasteiger partial charge in [-0.3, -0.25) is 14.4 Å². The second-order valence-electron chi connectivity index (χ2n) is 7.85. The Morgan fingerprint density at radius 1 is 0.935 bits per heavy atom. The van der Waals surface area contributed by atoms with E-state index in [0.29, 0.717) is 0 Å². The van der Waals surface area contributed by atoms with Gasteiger partial charge in [0.05, 0.1) is 31.3 Å². The Labute approximate surface area is 183 Å². The summed E-state index contributed by atoms with van der Waals surface area (Å²) in [5.74, 6) is 1.62. The molecule has 2 aromatic carbocycles. The van der Waals surface area contributed by atoms with Crippen LogP contribution in [0.3, 0.4) is 0 Å². The molecule has 4 rings (SSSR count). The number of piperazine rings is 1. The van der Waals surface area contributed by atoms with Gasteiger partial charge in [0.15, 0.2) is 0 Å².